The molecule has 5 heteroatoms. The minimum absolute atomic E-state index is 0.531. The van der Waals surface area contributed by atoms with Crippen molar-refractivity contribution in [2.24, 2.45) is 0 Å². The number of hydrogen-bond donors (Lipinski definition) is 0. The molecule has 96 valence electrons. The zero-order valence-electron chi connectivity index (χ0n) is 10.5. The molecule has 0 aliphatic heterocycles. The number of carbonyl (C=O) groups is 1. The summed E-state index contributed by atoms with van der Waals surface area (Å²) in [5.41, 5.74) is 1.54. The van der Waals surface area contributed by atoms with Gasteiger partial charge in [0.1, 0.15) is 11.2 Å². The van der Waals surface area contributed by atoms with Crippen LogP contribution in [0.5, 0.6) is 0 Å². The van der Waals surface area contributed by atoms with E-state index < -0.39 is 26.8 Å². The molecule has 0 spiro atoms. The largest absolute Gasteiger partial charge is 0.296 e. The number of nitriles is 1. The monoisotopic (exact) mass is 265 g/mol. The van der Waals surface area contributed by atoms with E-state index >= 15 is 0 Å². The molecule has 18 heavy (non-hydrogen) atoms. The molecule has 0 aromatic heterocycles. The molecule has 4 nitrogen and oxygen atoms in total. The number of rotatable bonds is 4. The molecule has 0 saturated heterocycles. The van der Waals surface area contributed by atoms with Gasteiger partial charge >= 0.3 is 0 Å². The van der Waals surface area contributed by atoms with Crippen LogP contribution in [0.3, 0.4) is 0 Å². The summed E-state index contributed by atoms with van der Waals surface area (Å²) < 4.78 is 22.7. The summed E-state index contributed by atoms with van der Waals surface area (Å²) in [5.74, 6) is -1.61. The second kappa shape index (κ2) is 5.32. The smallest absolute Gasteiger partial charge is 0.172 e. The zero-order valence-corrected chi connectivity index (χ0v) is 11.4. The van der Waals surface area contributed by atoms with Crippen LogP contribution in [0.15, 0.2) is 24.3 Å². The van der Waals surface area contributed by atoms with Gasteiger partial charge in [-0.25, -0.2) is 8.42 Å². The molecule has 2 atom stereocenters. The Labute approximate surface area is 107 Å². The molecule has 0 aliphatic carbocycles. The van der Waals surface area contributed by atoms with E-state index in [1.165, 1.54) is 6.92 Å². The van der Waals surface area contributed by atoms with Gasteiger partial charge in [0.2, 0.25) is 0 Å². The predicted molar refractivity (Wildman–Crippen MR) is 68.8 cm³/mol. The first kappa shape index (κ1) is 14.4. The van der Waals surface area contributed by atoms with E-state index in [2.05, 4.69) is 0 Å². The normalized spacial score (nSPS) is 14.6. The van der Waals surface area contributed by atoms with Crippen molar-refractivity contribution in [3.05, 3.63) is 35.4 Å². The van der Waals surface area contributed by atoms with Crippen molar-refractivity contribution in [2.45, 2.75) is 25.0 Å². The number of Topliss-reactive ketones (excluding diaryl/α,β-unsaturated/α-hetero) is 1. The number of ketones is 1. The summed E-state index contributed by atoms with van der Waals surface area (Å²) >= 11 is 0. The maximum atomic E-state index is 12.0. The molecule has 0 aliphatic rings. The molecule has 1 aromatic rings. The summed E-state index contributed by atoms with van der Waals surface area (Å²) in [7, 11) is -3.47. The molecule has 0 amide bonds. The van der Waals surface area contributed by atoms with Gasteiger partial charge in [-0.2, -0.15) is 5.26 Å². The Bertz CT molecular complexity index is 582. The fourth-order valence-electron chi connectivity index (χ4n) is 1.51. The number of carbonyl (C=O) groups excluding carboxylic acids is 1. The third-order valence-electron chi connectivity index (χ3n) is 2.87. The molecule has 2 unspecified atom stereocenters. The molecule has 0 bridgehead atoms. The van der Waals surface area contributed by atoms with Crippen LogP contribution < -0.4 is 0 Å². The van der Waals surface area contributed by atoms with Gasteiger partial charge in [-0.1, -0.05) is 29.8 Å². The van der Waals surface area contributed by atoms with Gasteiger partial charge in [0.15, 0.2) is 15.6 Å². The maximum Gasteiger partial charge on any atom is 0.172 e. The first-order valence-corrected chi connectivity index (χ1v) is 7.41. The zero-order chi connectivity index (χ0) is 13.9. The predicted octanol–water partition coefficient (Wildman–Crippen LogP) is 1.60. The Morgan fingerprint density at radius 2 is 1.78 bits per heavy atom. The van der Waals surface area contributed by atoms with Gasteiger partial charge in [-0.15, -0.1) is 0 Å². The fraction of sp³-hybridized carbons (Fsp3) is 0.385. The van der Waals surface area contributed by atoms with Gasteiger partial charge < -0.3 is 0 Å². The van der Waals surface area contributed by atoms with Crippen LogP contribution in [0.1, 0.15) is 24.0 Å². The number of benzene rings is 1. The Hall–Kier alpha value is -1.67. The highest BCUT2D eigenvalue weighted by Gasteiger charge is 2.31. The Morgan fingerprint density at radius 1 is 1.28 bits per heavy atom. The highest BCUT2D eigenvalue weighted by molar-refractivity contribution is 7.92. The van der Waals surface area contributed by atoms with Crippen LogP contribution in [0.2, 0.25) is 0 Å². The minimum atomic E-state index is -3.47. The number of sulfone groups is 1. The Balaban J connectivity index is 3.09. The summed E-state index contributed by atoms with van der Waals surface area (Å²) in [5, 5.41) is 7.90. The van der Waals surface area contributed by atoms with E-state index in [9.17, 15) is 13.2 Å². The SMILES string of the molecule is Cc1ccc(C(C#N)C(=O)C(C)S(C)(=O)=O)cc1. The van der Waals surface area contributed by atoms with Crippen molar-refractivity contribution in [3.63, 3.8) is 0 Å². The standard InChI is InChI=1S/C13H15NO3S/c1-9-4-6-11(7-5-9)12(8-14)13(15)10(2)18(3,16)17/h4-7,10,12H,1-3H3. The van der Waals surface area contributed by atoms with Crippen LogP contribution >= 0.6 is 0 Å². The minimum Gasteiger partial charge on any atom is -0.296 e. The van der Waals surface area contributed by atoms with Crippen LogP contribution in [-0.4, -0.2) is 25.7 Å². The van der Waals surface area contributed by atoms with Crippen molar-refractivity contribution in [2.75, 3.05) is 6.26 Å². The first-order chi connectivity index (χ1) is 8.27. The first-order valence-electron chi connectivity index (χ1n) is 5.46. The Morgan fingerprint density at radius 3 is 2.17 bits per heavy atom. The summed E-state index contributed by atoms with van der Waals surface area (Å²) in [4.78, 5) is 12.0. The van der Waals surface area contributed by atoms with E-state index in [4.69, 9.17) is 5.26 Å². The molecule has 1 rings (SSSR count). The average molecular weight is 265 g/mol. The summed E-state index contributed by atoms with van der Waals surface area (Å²) in [6, 6.07) is 8.81. The highest BCUT2D eigenvalue weighted by atomic mass is 32.2. The number of hydrogen-bond acceptors (Lipinski definition) is 4. The quantitative estimate of drug-likeness (QED) is 0.828. The van der Waals surface area contributed by atoms with Crippen molar-refractivity contribution in [1.82, 2.24) is 0 Å². The van der Waals surface area contributed by atoms with Crippen molar-refractivity contribution in [3.8, 4) is 6.07 Å². The third-order valence-corrected chi connectivity index (χ3v) is 4.38. The molecule has 0 N–H and O–H groups in total. The van der Waals surface area contributed by atoms with Crippen molar-refractivity contribution >= 4 is 15.6 Å². The molecular formula is C13H15NO3S. The van der Waals surface area contributed by atoms with Crippen molar-refractivity contribution < 1.29 is 13.2 Å². The summed E-state index contributed by atoms with van der Waals surface area (Å²) in [6.07, 6.45) is 0.999. The second-order valence-corrected chi connectivity index (χ2v) is 6.71. The van der Waals surface area contributed by atoms with Crippen LogP contribution in [-0.2, 0) is 14.6 Å². The van der Waals surface area contributed by atoms with E-state index in [1.807, 2.05) is 13.0 Å². The van der Waals surface area contributed by atoms with Crippen LogP contribution in [0.25, 0.3) is 0 Å². The van der Waals surface area contributed by atoms with Gasteiger partial charge in [-0.3, -0.25) is 4.79 Å². The topological polar surface area (TPSA) is 75.0 Å². The average Bonchev–Trinajstić information content (AvgIpc) is 2.30. The molecule has 1 aromatic carbocycles. The lowest BCUT2D eigenvalue weighted by Gasteiger charge is -2.13. The van der Waals surface area contributed by atoms with Crippen LogP contribution in [0, 0.1) is 18.3 Å². The molecule has 0 fully saturated rings. The van der Waals surface area contributed by atoms with E-state index in [1.54, 1.807) is 24.3 Å². The third kappa shape index (κ3) is 3.17. The molecule has 0 heterocycles. The van der Waals surface area contributed by atoms with Gasteiger partial charge in [0.25, 0.3) is 0 Å². The maximum absolute atomic E-state index is 12.0. The van der Waals surface area contributed by atoms with E-state index in [0.717, 1.165) is 11.8 Å². The highest BCUT2D eigenvalue weighted by Crippen LogP contribution is 2.20. The van der Waals surface area contributed by atoms with Crippen LogP contribution in [0.4, 0.5) is 0 Å². The second-order valence-electron chi connectivity index (χ2n) is 4.35. The van der Waals surface area contributed by atoms with E-state index in [-0.39, 0.29) is 0 Å². The van der Waals surface area contributed by atoms with Gasteiger partial charge in [0, 0.05) is 6.26 Å². The fourth-order valence-corrected chi connectivity index (χ4v) is 2.07. The lowest BCUT2D eigenvalue weighted by molar-refractivity contribution is -0.118. The van der Waals surface area contributed by atoms with E-state index in [0.29, 0.717) is 5.56 Å². The molecular weight excluding hydrogens is 250 g/mol. The van der Waals surface area contributed by atoms with Gasteiger partial charge in [0.05, 0.1) is 6.07 Å². The molecule has 0 radical (unpaired) electrons. The number of aryl methyl sites for hydroxylation is 1. The number of nitrogens with zero attached hydrogens (tertiary/aromatic N) is 1. The van der Waals surface area contributed by atoms with Gasteiger partial charge in [-0.05, 0) is 19.4 Å². The van der Waals surface area contributed by atoms with Crippen molar-refractivity contribution in [1.29, 1.82) is 5.26 Å². The summed E-state index contributed by atoms with van der Waals surface area (Å²) in [6.45, 7) is 3.21. The molecule has 0 saturated carbocycles. The Kier molecular flexibility index (Phi) is 4.25. The lowest BCUT2D eigenvalue weighted by atomic mass is 9.94. The lowest BCUT2D eigenvalue weighted by Crippen LogP contribution is -2.30.